The highest BCUT2D eigenvalue weighted by Crippen LogP contribution is 2.34. The Morgan fingerprint density at radius 2 is 2.08 bits per heavy atom. The average molecular weight is 348 g/mol. The Labute approximate surface area is 154 Å². The summed E-state index contributed by atoms with van der Waals surface area (Å²) in [5.74, 6) is 1.83. The molecule has 2 atom stereocenters. The van der Waals surface area contributed by atoms with Crippen molar-refractivity contribution in [2.45, 2.75) is 44.7 Å². The quantitative estimate of drug-likeness (QED) is 0.665. The van der Waals surface area contributed by atoms with Crippen LogP contribution in [0.25, 0.3) is 11.4 Å². The van der Waals surface area contributed by atoms with E-state index in [-0.39, 0.29) is 0 Å². The Balaban J connectivity index is 1.50. The molecule has 2 aromatic heterocycles. The lowest BCUT2D eigenvalue weighted by Crippen LogP contribution is -2.34. The number of rotatable bonds is 6. The minimum atomic E-state index is 0.524. The van der Waals surface area contributed by atoms with Crippen LogP contribution in [-0.2, 0) is 6.54 Å². The van der Waals surface area contributed by atoms with Crippen LogP contribution < -0.4 is 0 Å². The van der Waals surface area contributed by atoms with E-state index in [4.69, 9.17) is 4.52 Å². The van der Waals surface area contributed by atoms with Gasteiger partial charge in [-0.2, -0.15) is 4.98 Å². The van der Waals surface area contributed by atoms with Crippen LogP contribution in [0.4, 0.5) is 0 Å². The third-order valence-electron chi connectivity index (χ3n) is 5.27. The molecule has 0 amide bonds. The van der Waals surface area contributed by atoms with Crippen molar-refractivity contribution in [1.82, 2.24) is 20.0 Å². The molecule has 1 aromatic carbocycles. The van der Waals surface area contributed by atoms with E-state index < -0.39 is 0 Å². The number of pyridine rings is 1. The molecule has 26 heavy (non-hydrogen) atoms. The molecule has 1 fully saturated rings. The third kappa shape index (κ3) is 3.53. The van der Waals surface area contributed by atoms with Crippen LogP contribution in [0.3, 0.4) is 0 Å². The van der Waals surface area contributed by atoms with Crippen LogP contribution in [-0.4, -0.2) is 32.6 Å². The van der Waals surface area contributed by atoms with Crippen molar-refractivity contribution in [3.63, 3.8) is 0 Å². The second kappa shape index (κ2) is 7.79. The van der Waals surface area contributed by atoms with Crippen molar-refractivity contribution in [3.05, 3.63) is 66.3 Å². The van der Waals surface area contributed by atoms with E-state index in [2.05, 4.69) is 57.3 Å². The molecule has 134 valence electrons. The van der Waals surface area contributed by atoms with Crippen LogP contribution in [0.2, 0.25) is 0 Å². The summed E-state index contributed by atoms with van der Waals surface area (Å²) < 4.78 is 5.52. The van der Waals surface area contributed by atoms with Crippen molar-refractivity contribution in [2.75, 3.05) is 6.54 Å². The molecule has 0 radical (unpaired) electrons. The fourth-order valence-electron chi connectivity index (χ4n) is 4.04. The van der Waals surface area contributed by atoms with E-state index >= 15 is 0 Å². The molecule has 0 bridgehead atoms. The lowest BCUT2D eigenvalue weighted by atomic mass is 9.88. The minimum Gasteiger partial charge on any atom is -0.338 e. The molecular formula is C21H24N4O. The van der Waals surface area contributed by atoms with Gasteiger partial charge < -0.3 is 4.52 Å². The second-order valence-corrected chi connectivity index (χ2v) is 6.86. The zero-order valence-corrected chi connectivity index (χ0v) is 15.1. The van der Waals surface area contributed by atoms with Crippen molar-refractivity contribution < 1.29 is 4.52 Å². The maximum Gasteiger partial charge on any atom is 0.241 e. The SMILES string of the molecule is CC[C@H](c1ccccc1)[C@H]1CCCN1Cc1nc(-c2cccnc2)no1. The maximum absolute atomic E-state index is 5.52. The predicted molar refractivity (Wildman–Crippen MR) is 100 cm³/mol. The fraction of sp³-hybridized carbons (Fsp3) is 0.381. The lowest BCUT2D eigenvalue weighted by molar-refractivity contribution is 0.186. The molecule has 5 heteroatoms. The van der Waals surface area contributed by atoms with E-state index in [1.165, 1.54) is 18.4 Å². The van der Waals surface area contributed by atoms with Gasteiger partial charge in [-0.3, -0.25) is 9.88 Å². The smallest absolute Gasteiger partial charge is 0.241 e. The number of likely N-dealkylation sites (tertiary alicyclic amines) is 1. The van der Waals surface area contributed by atoms with Gasteiger partial charge >= 0.3 is 0 Å². The topological polar surface area (TPSA) is 55.1 Å². The van der Waals surface area contributed by atoms with Crippen LogP contribution >= 0.6 is 0 Å². The van der Waals surface area contributed by atoms with Gasteiger partial charge in [0.25, 0.3) is 0 Å². The van der Waals surface area contributed by atoms with Crippen molar-refractivity contribution in [3.8, 4) is 11.4 Å². The molecule has 1 aliphatic heterocycles. The summed E-state index contributed by atoms with van der Waals surface area (Å²) >= 11 is 0. The molecule has 0 aliphatic carbocycles. The summed E-state index contributed by atoms with van der Waals surface area (Å²) in [5, 5.41) is 4.12. The van der Waals surface area contributed by atoms with E-state index in [9.17, 15) is 0 Å². The molecule has 0 saturated carbocycles. The van der Waals surface area contributed by atoms with Gasteiger partial charge in [0.15, 0.2) is 0 Å². The number of hydrogen-bond donors (Lipinski definition) is 0. The Morgan fingerprint density at radius 1 is 1.19 bits per heavy atom. The molecule has 5 nitrogen and oxygen atoms in total. The molecule has 1 aliphatic rings. The first-order valence-corrected chi connectivity index (χ1v) is 9.37. The van der Waals surface area contributed by atoms with E-state index in [1.54, 1.807) is 12.4 Å². The normalized spacial score (nSPS) is 18.9. The first-order chi connectivity index (χ1) is 12.8. The van der Waals surface area contributed by atoms with Crippen LogP contribution in [0.5, 0.6) is 0 Å². The highest BCUT2D eigenvalue weighted by molar-refractivity contribution is 5.51. The van der Waals surface area contributed by atoms with Crippen LogP contribution in [0, 0.1) is 0 Å². The third-order valence-corrected chi connectivity index (χ3v) is 5.27. The predicted octanol–water partition coefficient (Wildman–Crippen LogP) is 4.29. The minimum absolute atomic E-state index is 0.524. The van der Waals surface area contributed by atoms with Gasteiger partial charge in [-0.15, -0.1) is 0 Å². The first-order valence-electron chi connectivity index (χ1n) is 9.37. The van der Waals surface area contributed by atoms with Crippen LogP contribution in [0.15, 0.2) is 59.4 Å². The van der Waals surface area contributed by atoms with Crippen molar-refractivity contribution >= 4 is 0 Å². The van der Waals surface area contributed by atoms with E-state index in [1.807, 2.05) is 12.1 Å². The van der Waals surface area contributed by atoms with Crippen molar-refractivity contribution in [2.24, 2.45) is 0 Å². The highest BCUT2D eigenvalue weighted by Gasteiger charge is 2.32. The zero-order chi connectivity index (χ0) is 17.8. The molecule has 3 aromatic rings. The standard InChI is InChI=1S/C21H24N4O/c1-2-18(16-8-4-3-5-9-16)19-11-7-13-25(19)15-20-23-21(24-26-20)17-10-6-12-22-14-17/h3-6,8-10,12,14,18-19H,2,7,11,13,15H2,1H3/t18-,19-/m1/s1. The Morgan fingerprint density at radius 3 is 2.85 bits per heavy atom. The highest BCUT2D eigenvalue weighted by atomic mass is 16.5. The molecule has 1 saturated heterocycles. The summed E-state index contributed by atoms with van der Waals surface area (Å²) in [6.07, 6.45) is 7.08. The Bertz CT molecular complexity index is 818. The molecular weight excluding hydrogens is 324 g/mol. The molecule has 0 unspecified atom stereocenters. The van der Waals surface area contributed by atoms with Gasteiger partial charge in [0.2, 0.25) is 11.7 Å². The summed E-state index contributed by atoms with van der Waals surface area (Å²) in [4.78, 5) is 11.2. The number of hydrogen-bond acceptors (Lipinski definition) is 5. The van der Waals surface area contributed by atoms with Crippen LogP contribution in [0.1, 0.15) is 43.6 Å². The van der Waals surface area contributed by atoms with Gasteiger partial charge in [0.1, 0.15) is 0 Å². The van der Waals surface area contributed by atoms with Gasteiger partial charge in [-0.25, -0.2) is 0 Å². The number of nitrogens with zero attached hydrogens (tertiary/aromatic N) is 4. The number of aromatic nitrogens is 3. The zero-order valence-electron chi connectivity index (χ0n) is 15.1. The second-order valence-electron chi connectivity index (χ2n) is 6.86. The van der Waals surface area contributed by atoms with Gasteiger partial charge in [0.05, 0.1) is 6.54 Å². The van der Waals surface area contributed by atoms with Crippen molar-refractivity contribution in [1.29, 1.82) is 0 Å². The van der Waals surface area contributed by atoms with Gasteiger partial charge in [-0.05, 0) is 49.4 Å². The van der Waals surface area contributed by atoms with Gasteiger partial charge in [0, 0.05) is 24.0 Å². The fourth-order valence-corrected chi connectivity index (χ4v) is 4.04. The molecule has 0 spiro atoms. The lowest BCUT2D eigenvalue weighted by Gasteiger charge is -2.30. The Kier molecular flexibility index (Phi) is 5.07. The summed E-state index contributed by atoms with van der Waals surface area (Å²) in [5.41, 5.74) is 2.31. The summed E-state index contributed by atoms with van der Waals surface area (Å²) in [6.45, 7) is 4.07. The maximum atomic E-state index is 5.52. The monoisotopic (exact) mass is 348 g/mol. The van der Waals surface area contributed by atoms with Gasteiger partial charge in [-0.1, -0.05) is 42.4 Å². The molecule has 3 heterocycles. The molecule has 4 rings (SSSR count). The average Bonchev–Trinajstić information content (AvgIpc) is 3.35. The first kappa shape index (κ1) is 16.9. The Hall–Kier alpha value is -2.53. The van der Waals surface area contributed by atoms with E-state index in [0.29, 0.717) is 30.2 Å². The van der Waals surface area contributed by atoms with E-state index in [0.717, 1.165) is 18.5 Å². The summed E-state index contributed by atoms with van der Waals surface area (Å²) in [7, 11) is 0. The largest absolute Gasteiger partial charge is 0.338 e. The molecule has 0 N–H and O–H groups in total. The summed E-state index contributed by atoms with van der Waals surface area (Å²) in [6, 6.07) is 15.2. The number of benzene rings is 1.